The molecule has 0 radical (unpaired) electrons. The molecule has 0 amide bonds. The summed E-state index contributed by atoms with van der Waals surface area (Å²) >= 11 is 0. The average molecular weight is 275 g/mol. The second-order valence-electron chi connectivity index (χ2n) is 5.46. The zero-order chi connectivity index (χ0) is 14.1. The second kappa shape index (κ2) is 5.19. The lowest BCUT2D eigenvalue weighted by atomic mass is 9.99. The molecule has 0 spiro atoms. The summed E-state index contributed by atoms with van der Waals surface area (Å²) in [6, 6.07) is 4.47. The molecule has 1 aliphatic carbocycles. The minimum Gasteiger partial charge on any atom is -0.398 e. The van der Waals surface area contributed by atoms with E-state index < -0.39 is 0 Å². The van der Waals surface area contributed by atoms with Crippen molar-refractivity contribution in [2.24, 2.45) is 5.92 Å². The van der Waals surface area contributed by atoms with Gasteiger partial charge in [0, 0.05) is 11.3 Å². The van der Waals surface area contributed by atoms with Crippen molar-refractivity contribution in [1.82, 2.24) is 20.2 Å². The predicted molar refractivity (Wildman–Crippen MR) is 74.3 cm³/mol. The number of nitrogen functional groups attached to an aromatic ring is 1. The normalized spacial score (nSPS) is 17.5. The number of halogens is 1. The Kier molecular flexibility index (Phi) is 3.38. The number of benzene rings is 1. The fraction of sp³-hybridized carbons (Fsp3) is 0.500. The van der Waals surface area contributed by atoms with Crippen LogP contribution in [0.3, 0.4) is 0 Å². The van der Waals surface area contributed by atoms with E-state index in [1.165, 1.54) is 37.8 Å². The number of anilines is 1. The van der Waals surface area contributed by atoms with E-state index in [1.807, 2.05) is 0 Å². The molecule has 1 heterocycles. The first-order valence-corrected chi connectivity index (χ1v) is 7.00. The average Bonchev–Trinajstić information content (AvgIpc) is 3.11. The highest BCUT2D eigenvalue weighted by atomic mass is 19.1. The van der Waals surface area contributed by atoms with Crippen LogP contribution in [0.1, 0.15) is 38.6 Å². The van der Waals surface area contributed by atoms with Gasteiger partial charge in [-0.1, -0.05) is 12.8 Å². The van der Waals surface area contributed by atoms with Crippen molar-refractivity contribution in [3.05, 3.63) is 24.0 Å². The summed E-state index contributed by atoms with van der Waals surface area (Å²) in [6.07, 6.45) is 4.90. The molecular weight excluding hydrogens is 257 g/mol. The summed E-state index contributed by atoms with van der Waals surface area (Å²) in [5.74, 6) is 0.783. The largest absolute Gasteiger partial charge is 0.398 e. The van der Waals surface area contributed by atoms with Crippen molar-refractivity contribution in [3.8, 4) is 11.4 Å². The molecule has 2 aromatic rings. The van der Waals surface area contributed by atoms with Crippen LogP contribution in [-0.2, 0) is 0 Å². The van der Waals surface area contributed by atoms with Gasteiger partial charge in [-0.3, -0.25) is 0 Å². The van der Waals surface area contributed by atoms with E-state index >= 15 is 0 Å². The predicted octanol–water partition coefficient (Wildman–Crippen LogP) is 2.81. The molecule has 3 rings (SSSR count). The van der Waals surface area contributed by atoms with Crippen LogP contribution in [0.25, 0.3) is 11.4 Å². The number of aromatic nitrogens is 4. The molecule has 0 saturated heterocycles. The van der Waals surface area contributed by atoms with Crippen molar-refractivity contribution in [1.29, 1.82) is 0 Å². The molecule has 0 bridgehead atoms. The van der Waals surface area contributed by atoms with Gasteiger partial charge in [0.2, 0.25) is 0 Å². The van der Waals surface area contributed by atoms with Crippen molar-refractivity contribution < 1.29 is 4.39 Å². The topological polar surface area (TPSA) is 69.6 Å². The van der Waals surface area contributed by atoms with E-state index in [2.05, 4.69) is 22.4 Å². The number of hydrogen-bond donors (Lipinski definition) is 1. The standard InChI is InChI=1S/C14H18FN5/c1-9(10-4-2-3-5-10)20-14(17-18-19-20)12-8-11(15)6-7-13(12)16/h6-10H,2-5,16H2,1H3. The molecule has 1 aromatic carbocycles. The number of hydrogen-bond acceptors (Lipinski definition) is 4. The number of nitrogens with two attached hydrogens (primary N) is 1. The zero-order valence-corrected chi connectivity index (χ0v) is 11.5. The van der Waals surface area contributed by atoms with Gasteiger partial charge in [0.1, 0.15) is 5.82 Å². The molecular formula is C14H18FN5. The van der Waals surface area contributed by atoms with Crippen LogP contribution < -0.4 is 5.73 Å². The first-order chi connectivity index (χ1) is 9.66. The summed E-state index contributed by atoms with van der Waals surface area (Å²) in [6.45, 7) is 2.12. The van der Waals surface area contributed by atoms with Gasteiger partial charge in [0.05, 0.1) is 6.04 Å². The monoisotopic (exact) mass is 275 g/mol. The molecule has 106 valence electrons. The molecule has 2 N–H and O–H groups in total. The first-order valence-electron chi connectivity index (χ1n) is 7.00. The van der Waals surface area contributed by atoms with Gasteiger partial charge in [-0.05, 0) is 54.3 Å². The molecule has 1 atom stereocenters. The summed E-state index contributed by atoms with van der Waals surface area (Å²) in [7, 11) is 0. The Hall–Kier alpha value is -1.98. The lowest BCUT2D eigenvalue weighted by Crippen LogP contribution is -2.17. The number of tetrazole rings is 1. The van der Waals surface area contributed by atoms with E-state index in [0.717, 1.165) is 0 Å². The highest BCUT2D eigenvalue weighted by Crippen LogP contribution is 2.35. The van der Waals surface area contributed by atoms with Gasteiger partial charge < -0.3 is 5.73 Å². The molecule has 1 aromatic heterocycles. The van der Waals surface area contributed by atoms with Crippen molar-refractivity contribution >= 4 is 5.69 Å². The Morgan fingerprint density at radius 1 is 1.35 bits per heavy atom. The van der Waals surface area contributed by atoms with Crippen LogP contribution >= 0.6 is 0 Å². The summed E-state index contributed by atoms with van der Waals surface area (Å²) in [4.78, 5) is 0. The molecule has 1 aliphatic rings. The smallest absolute Gasteiger partial charge is 0.184 e. The van der Waals surface area contributed by atoms with Gasteiger partial charge in [0.25, 0.3) is 0 Å². The maximum absolute atomic E-state index is 13.4. The van der Waals surface area contributed by atoms with Crippen molar-refractivity contribution in [3.63, 3.8) is 0 Å². The first kappa shape index (κ1) is 13.0. The van der Waals surface area contributed by atoms with Crippen LogP contribution in [0.2, 0.25) is 0 Å². The quantitative estimate of drug-likeness (QED) is 0.874. The summed E-state index contributed by atoms with van der Waals surface area (Å²) in [5.41, 5.74) is 6.97. The van der Waals surface area contributed by atoms with Gasteiger partial charge >= 0.3 is 0 Å². The second-order valence-corrected chi connectivity index (χ2v) is 5.46. The van der Waals surface area contributed by atoms with E-state index in [1.54, 1.807) is 10.7 Å². The Labute approximate surface area is 117 Å². The Balaban J connectivity index is 1.99. The van der Waals surface area contributed by atoms with E-state index in [9.17, 15) is 4.39 Å². The summed E-state index contributed by atoms with van der Waals surface area (Å²) < 4.78 is 15.2. The molecule has 5 nitrogen and oxygen atoms in total. The molecule has 20 heavy (non-hydrogen) atoms. The third-order valence-corrected chi connectivity index (χ3v) is 4.22. The molecule has 1 saturated carbocycles. The third-order valence-electron chi connectivity index (χ3n) is 4.22. The van der Waals surface area contributed by atoms with Crippen LogP contribution in [0.15, 0.2) is 18.2 Å². The van der Waals surface area contributed by atoms with Crippen LogP contribution in [0, 0.1) is 11.7 Å². The minimum atomic E-state index is -0.336. The zero-order valence-electron chi connectivity index (χ0n) is 11.5. The van der Waals surface area contributed by atoms with Crippen LogP contribution in [0.5, 0.6) is 0 Å². The lowest BCUT2D eigenvalue weighted by Gasteiger charge is -2.20. The van der Waals surface area contributed by atoms with Gasteiger partial charge in [0.15, 0.2) is 5.82 Å². The Morgan fingerprint density at radius 3 is 2.85 bits per heavy atom. The van der Waals surface area contributed by atoms with Crippen LogP contribution in [0.4, 0.5) is 10.1 Å². The third kappa shape index (κ3) is 2.26. The number of nitrogens with zero attached hydrogens (tertiary/aromatic N) is 4. The van der Waals surface area contributed by atoms with Crippen LogP contribution in [-0.4, -0.2) is 20.2 Å². The fourth-order valence-electron chi connectivity index (χ4n) is 3.01. The Morgan fingerprint density at radius 2 is 2.10 bits per heavy atom. The SMILES string of the molecule is CC(C1CCCC1)n1nnnc1-c1cc(F)ccc1N. The summed E-state index contributed by atoms with van der Waals surface area (Å²) in [5, 5.41) is 11.9. The lowest BCUT2D eigenvalue weighted by molar-refractivity contribution is 0.332. The highest BCUT2D eigenvalue weighted by molar-refractivity contribution is 5.71. The maximum Gasteiger partial charge on any atom is 0.184 e. The molecule has 1 fully saturated rings. The van der Waals surface area contributed by atoms with E-state index in [0.29, 0.717) is 23.0 Å². The Bertz CT molecular complexity index is 603. The minimum absolute atomic E-state index is 0.199. The fourth-order valence-corrected chi connectivity index (χ4v) is 3.01. The van der Waals surface area contributed by atoms with Gasteiger partial charge in [-0.15, -0.1) is 5.10 Å². The number of rotatable bonds is 3. The molecule has 1 unspecified atom stereocenters. The maximum atomic E-state index is 13.4. The highest BCUT2D eigenvalue weighted by Gasteiger charge is 2.26. The van der Waals surface area contributed by atoms with Gasteiger partial charge in [-0.25, -0.2) is 9.07 Å². The van der Waals surface area contributed by atoms with Crippen molar-refractivity contribution in [2.75, 3.05) is 5.73 Å². The molecule has 6 heteroatoms. The molecule has 0 aliphatic heterocycles. The van der Waals surface area contributed by atoms with E-state index in [4.69, 9.17) is 5.73 Å². The van der Waals surface area contributed by atoms with Crippen molar-refractivity contribution in [2.45, 2.75) is 38.6 Å². The van der Waals surface area contributed by atoms with Gasteiger partial charge in [-0.2, -0.15) is 0 Å². The van der Waals surface area contributed by atoms with E-state index in [-0.39, 0.29) is 11.9 Å².